The number of hydrogen-bond acceptors (Lipinski definition) is 2. The minimum absolute atomic E-state index is 0.640. The Morgan fingerprint density at radius 1 is 0.958 bits per heavy atom. The molecule has 3 heteroatoms. The summed E-state index contributed by atoms with van der Waals surface area (Å²) in [6, 6.07) is 22.3. The van der Waals surface area contributed by atoms with Crippen molar-refractivity contribution in [1.82, 2.24) is 9.55 Å². The SMILES string of the molecule is Cc1ccccc1-c1cccc(-n2cnc3cc(C=O)ccc32)c1. The van der Waals surface area contributed by atoms with E-state index in [1.807, 2.05) is 22.8 Å². The summed E-state index contributed by atoms with van der Waals surface area (Å²) in [4.78, 5) is 15.4. The van der Waals surface area contributed by atoms with Gasteiger partial charge in [-0.2, -0.15) is 0 Å². The molecule has 0 bridgehead atoms. The van der Waals surface area contributed by atoms with E-state index < -0.39 is 0 Å². The lowest BCUT2D eigenvalue weighted by atomic mass is 10.0. The number of benzene rings is 3. The third kappa shape index (κ3) is 2.40. The van der Waals surface area contributed by atoms with Gasteiger partial charge in [-0.25, -0.2) is 4.98 Å². The second-order valence-corrected chi connectivity index (χ2v) is 5.85. The third-order valence-electron chi connectivity index (χ3n) is 4.29. The van der Waals surface area contributed by atoms with Crippen molar-refractivity contribution in [1.29, 1.82) is 0 Å². The Bertz CT molecular complexity index is 1050. The summed E-state index contributed by atoms with van der Waals surface area (Å²) in [6.45, 7) is 2.12. The molecule has 1 aromatic heterocycles. The van der Waals surface area contributed by atoms with Gasteiger partial charge in [0.15, 0.2) is 0 Å². The number of carbonyl (C=O) groups excluding carboxylic acids is 1. The molecule has 0 aliphatic rings. The van der Waals surface area contributed by atoms with Gasteiger partial charge in [0.25, 0.3) is 0 Å². The maximum absolute atomic E-state index is 10.9. The molecular weight excluding hydrogens is 296 g/mol. The predicted molar refractivity (Wildman–Crippen MR) is 96.6 cm³/mol. The Kier molecular flexibility index (Phi) is 3.47. The lowest BCUT2D eigenvalue weighted by molar-refractivity contribution is 0.112. The third-order valence-corrected chi connectivity index (χ3v) is 4.29. The Balaban J connectivity index is 1.85. The highest BCUT2D eigenvalue weighted by Gasteiger charge is 2.07. The van der Waals surface area contributed by atoms with Gasteiger partial charge in [-0.05, 0) is 53.9 Å². The molecule has 0 saturated heterocycles. The molecular formula is C21H16N2O. The molecule has 0 N–H and O–H groups in total. The van der Waals surface area contributed by atoms with Gasteiger partial charge in [0.05, 0.1) is 11.0 Å². The van der Waals surface area contributed by atoms with Crippen molar-refractivity contribution in [3.8, 4) is 16.8 Å². The van der Waals surface area contributed by atoms with E-state index in [1.165, 1.54) is 16.7 Å². The first-order chi connectivity index (χ1) is 11.8. The molecule has 0 saturated carbocycles. The number of fused-ring (bicyclic) bond motifs is 1. The summed E-state index contributed by atoms with van der Waals surface area (Å²) in [7, 11) is 0. The summed E-state index contributed by atoms with van der Waals surface area (Å²) in [5.41, 5.74) is 7.16. The minimum Gasteiger partial charge on any atom is -0.299 e. The van der Waals surface area contributed by atoms with Gasteiger partial charge in [-0.3, -0.25) is 9.36 Å². The van der Waals surface area contributed by atoms with Crippen LogP contribution in [0.4, 0.5) is 0 Å². The first-order valence-electron chi connectivity index (χ1n) is 7.85. The molecule has 0 unspecified atom stereocenters. The highest BCUT2D eigenvalue weighted by Crippen LogP contribution is 2.26. The summed E-state index contributed by atoms with van der Waals surface area (Å²) in [5, 5.41) is 0. The van der Waals surface area contributed by atoms with Crippen LogP contribution in [0, 0.1) is 6.92 Å². The number of hydrogen-bond donors (Lipinski definition) is 0. The molecule has 4 aromatic rings. The van der Waals surface area contributed by atoms with Crippen LogP contribution in [-0.4, -0.2) is 15.8 Å². The van der Waals surface area contributed by atoms with Crippen molar-refractivity contribution in [2.24, 2.45) is 0 Å². The number of rotatable bonds is 3. The van der Waals surface area contributed by atoms with E-state index in [2.05, 4.69) is 60.4 Å². The molecule has 116 valence electrons. The van der Waals surface area contributed by atoms with Crippen LogP contribution in [0.15, 0.2) is 73.1 Å². The van der Waals surface area contributed by atoms with Crippen molar-refractivity contribution in [2.45, 2.75) is 6.92 Å². The molecule has 3 aromatic carbocycles. The maximum Gasteiger partial charge on any atom is 0.150 e. The monoisotopic (exact) mass is 312 g/mol. The second kappa shape index (κ2) is 5.78. The number of aryl methyl sites for hydroxylation is 1. The maximum atomic E-state index is 10.9. The molecule has 0 fully saturated rings. The van der Waals surface area contributed by atoms with Gasteiger partial charge >= 0.3 is 0 Å². The van der Waals surface area contributed by atoms with Gasteiger partial charge in [-0.15, -0.1) is 0 Å². The molecule has 24 heavy (non-hydrogen) atoms. The summed E-state index contributed by atoms with van der Waals surface area (Å²) in [5.74, 6) is 0. The minimum atomic E-state index is 0.640. The Hall–Kier alpha value is -3.20. The number of aldehydes is 1. The van der Waals surface area contributed by atoms with E-state index in [9.17, 15) is 4.79 Å². The molecule has 0 amide bonds. The van der Waals surface area contributed by atoms with Gasteiger partial charge in [0.2, 0.25) is 0 Å². The number of aromatic nitrogens is 2. The quantitative estimate of drug-likeness (QED) is 0.509. The highest BCUT2D eigenvalue weighted by atomic mass is 16.1. The average molecular weight is 312 g/mol. The molecule has 0 radical (unpaired) electrons. The molecule has 0 aliphatic carbocycles. The lowest BCUT2D eigenvalue weighted by Gasteiger charge is -2.09. The number of imidazole rings is 1. The van der Waals surface area contributed by atoms with E-state index in [4.69, 9.17) is 0 Å². The fourth-order valence-corrected chi connectivity index (χ4v) is 3.03. The zero-order valence-corrected chi connectivity index (χ0v) is 13.3. The van der Waals surface area contributed by atoms with Gasteiger partial charge in [0, 0.05) is 11.3 Å². The van der Waals surface area contributed by atoms with Crippen LogP contribution in [0.3, 0.4) is 0 Å². The Morgan fingerprint density at radius 2 is 1.83 bits per heavy atom. The van der Waals surface area contributed by atoms with E-state index in [1.54, 1.807) is 6.33 Å². The summed E-state index contributed by atoms with van der Waals surface area (Å²) in [6.07, 6.45) is 2.65. The number of carbonyl (C=O) groups is 1. The van der Waals surface area contributed by atoms with Gasteiger partial charge < -0.3 is 0 Å². The van der Waals surface area contributed by atoms with Crippen LogP contribution >= 0.6 is 0 Å². The predicted octanol–water partition coefficient (Wildman–Crippen LogP) is 4.81. The Morgan fingerprint density at radius 3 is 2.67 bits per heavy atom. The van der Waals surface area contributed by atoms with Crippen LogP contribution in [0.1, 0.15) is 15.9 Å². The molecule has 0 aliphatic heterocycles. The number of nitrogens with zero attached hydrogens (tertiary/aromatic N) is 2. The van der Waals surface area contributed by atoms with Crippen molar-refractivity contribution < 1.29 is 4.79 Å². The average Bonchev–Trinajstić information content (AvgIpc) is 3.05. The first-order valence-corrected chi connectivity index (χ1v) is 7.85. The van der Waals surface area contributed by atoms with Gasteiger partial charge in [-0.1, -0.05) is 36.4 Å². The van der Waals surface area contributed by atoms with E-state index in [-0.39, 0.29) is 0 Å². The molecule has 1 heterocycles. The summed E-state index contributed by atoms with van der Waals surface area (Å²) < 4.78 is 2.05. The van der Waals surface area contributed by atoms with Crippen LogP contribution < -0.4 is 0 Å². The lowest BCUT2D eigenvalue weighted by Crippen LogP contribution is -1.93. The van der Waals surface area contributed by atoms with Crippen molar-refractivity contribution in [3.63, 3.8) is 0 Å². The van der Waals surface area contributed by atoms with Crippen molar-refractivity contribution in [3.05, 3.63) is 84.2 Å². The van der Waals surface area contributed by atoms with E-state index in [0.29, 0.717) is 5.56 Å². The second-order valence-electron chi connectivity index (χ2n) is 5.85. The molecule has 3 nitrogen and oxygen atoms in total. The summed E-state index contributed by atoms with van der Waals surface area (Å²) >= 11 is 0. The van der Waals surface area contributed by atoms with Crippen LogP contribution in [0.2, 0.25) is 0 Å². The Labute approximate surface area is 140 Å². The normalized spacial score (nSPS) is 10.9. The largest absolute Gasteiger partial charge is 0.299 e. The van der Waals surface area contributed by atoms with Crippen LogP contribution in [0.5, 0.6) is 0 Å². The van der Waals surface area contributed by atoms with E-state index in [0.717, 1.165) is 23.0 Å². The fourth-order valence-electron chi connectivity index (χ4n) is 3.03. The standard InChI is InChI=1S/C21H16N2O/c1-15-5-2-3-8-19(15)17-6-4-7-18(12-17)23-14-22-20-11-16(13-24)9-10-21(20)23/h2-14H,1H3. The zero-order valence-electron chi connectivity index (χ0n) is 13.3. The fraction of sp³-hybridized carbons (Fsp3) is 0.0476. The smallest absolute Gasteiger partial charge is 0.150 e. The zero-order chi connectivity index (χ0) is 16.5. The molecule has 0 atom stereocenters. The van der Waals surface area contributed by atoms with Crippen LogP contribution in [0.25, 0.3) is 27.8 Å². The van der Waals surface area contributed by atoms with Crippen molar-refractivity contribution in [2.75, 3.05) is 0 Å². The molecule has 0 spiro atoms. The topological polar surface area (TPSA) is 34.9 Å². The van der Waals surface area contributed by atoms with Gasteiger partial charge in [0.1, 0.15) is 12.6 Å². The molecule has 4 rings (SSSR count). The first kappa shape index (κ1) is 14.4. The van der Waals surface area contributed by atoms with E-state index >= 15 is 0 Å². The highest BCUT2D eigenvalue weighted by molar-refractivity contribution is 5.86. The van der Waals surface area contributed by atoms with Crippen LogP contribution in [-0.2, 0) is 0 Å². The van der Waals surface area contributed by atoms with Crippen molar-refractivity contribution >= 4 is 17.3 Å².